The fourth-order valence-corrected chi connectivity index (χ4v) is 2.33. The smallest absolute Gasteiger partial charge is 0.123 e. The summed E-state index contributed by atoms with van der Waals surface area (Å²) in [5.74, 6) is 0.357. The number of aromatic hydroxyl groups is 2. The molecule has 0 aliphatic carbocycles. The van der Waals surface area contributed by atoms with Crippen molar-refractivity contribution in [2.45, 2.75) is 20.8 Å². The van der Waals surface area contributed by atoms with Crippen LogP contribution in [0.3, 0.4) is 0 Å². The molecule has 0 fully saturated rings. The molecule has 0 aromatic heterocycles. The molecule has 0 amide bonds. The van der Waals surface area contributed by atoms with Crippen molar-refractivity contribution in [2.75, 3.05) is 0 Å². The Morgan fingerprint density at radius 1 is 0.824 bits per heavy atom. The summed E-state index contributed by atoms with van der Waals surface area (Å²) in [6, 6.07) is 8.75. The van der Waals surface area contributed by atoms with Gasteiger partial charge in [0.05, 0.1) is 0 Å². The van der Waals surface area contributed by atoms with Crippen molar-refractivity contribution >= 4 is 0 Å². The predicted molar refractivity (Wildman–Crippen MR) is 69.4 cm³/mol. The van der Waals surface area contributed by atoms with Gasteiger partial charge < -0.3 is 10.2 Å². The van der Waals surface area contributed by atoms with Crippen LogP contribution in [0.4, 0.5) is 0 Å². The average Bonchev–Trinajstić information content (AvgIpc) is 2.21. The Morgan fingerprint density at radius 3 is 2.00 bits per heavy atom. The molecular weight excluding hydrogens is 212 g/mol. The second-order valence-electron chi connectivity index (χ2n) is 4.48. The first kappa shape index (κ1) is 11.5. The summed E-state index contributed by atoms with van der Waals surface area (Å²) in [6.07, 6.45) is 0. The highest BCUT2D eigenvalue weighted by Crippen LogP contribution is 2.36. The lowest BCUT2D eigenvalue weighted by molar-refractivity contribution is 0.462. The fraction of sp³-hybridized carbons (Fsp3) is 0.200. The maximum Gasteiger partial charge on any atom is 0.123 e. The Labute approximate surface area is 101 Å². The molecule has 2 heteroatoms. The molecule has 0 heterocycles. The van der Waals surface area contributed by atoms with E-state index in [1.807, 2.05) is 20.8 Å². The lowest BCUT2D eigenvalue weighted by atomic mass is 9.93. The molecular formula is C15H16O2. The Morgan fingerprint density at radius 2 is 1.41 bits per heavy atom. The van der Waals surface area contributed by atoms with Gasteiger partial charge in [0.25, 0.3) is 0 Å². The van der Waals surface area contributed by atoms with E-state index in [0.29, 0.717) is 5.56 Å². The van der Waals surface area contributed by atoms with Crippen molar-refractivity contribution in [3.63, 3.8) is 0 Å². The molecule has 0 aliphatic heterocycles. The maximum atomic E-state index is 9.90. The van der Waals surface area contributed by atoms with Crippen molar-refractivity contribution in [1.82, 2.24) is 0 Å². The Kier molecular flexibility index (Phi) is 2.80. The monoisotopic (exact) mass is 228 g/mol. The number of phenols is 2. The molecule has 2 aromatic rings. The Hall–Kier alpha value is -1.96. The van der Waals surface area contributed by atoms with Gasteiger partial charge in [-0.25, -0.2) is 0 Å². The summed E-state index contributed by atoms with van der Waals surface area (Å²) in [6.45, 7) is 6.07. The maximum absolute atomic E-state index is 9.90. The van der Waals surface area contributed by atoms with Gasteiger partial charge in [-0.15, -0.1) is 0 Å². The number of phenolic OH excluding ortho intramolecular Hbond substituents is 2. The molecule has 0 radical (unpaired) electrons. The molecule has 0 bridgehead atoms. The van der Waals surface area contributed by atoms with Gasteiger partial charge in [0.15, 0.2) is 0 Å². The summed E-state index contributed by atoms with van der Waals surface area (Å²) in [5, 5.41) is 19.4. The van der Waals surface area contributed by atoms with E-state index in [0.717, 1.165) is 16.7 Å². The van der Waals surface area contributed by atoms with E-state index in [-0.39, 0.29) is 11.5 Å². The van der Waals surface area contributed by atoms with E-state index < -0.39 is 0 Å². The van der Waals surface area contributed by atoms with Crippen LogP contribution in [0.15, 0.2) is 30.3 Å². The summed E-state index contributed by atoms with van der Waals surface area (Å²) in [4.78, 5) is 0. The van der Waals surface area contributed by atoms with Gasteiger partial charge in [-0.05, 0) is 55.7 Å². The van der Waals surface area contributed by atoms with Gasteiger partial charge in [0, 0.05) is 5.56 Å². The van der Waals surface area contributed by atoms with Crippen LogP contribution in [0.2, 0.25) is 0 Å². The molecule has 0 atom stereocenters. The second kappa shape index (κ2) is 4.13. The molecule has 0 saturated carbocycles. The van der Waals surface area contributed by atoms with Crippen LogP contribution < -0.4 is 0 Å². The first-order valence-electron chi connectivity index (χ1n) is 5.59. The number of aryl methyl sites for hydroxylation is 3. The van der Waals surface area contributed by atoms with E-state index in [4.69, 9.17) is 0 Å². The van der Waals surface area contributed by atoms with Gasteiger partial charge in [0.2, 0.25) is 0 Å². The van der Waals surface area contributed by atoms with Crippen molar-refractivity contribution in [1.29, 1.82) is 0 Å². The van der Waals surface area contributed by atoms with E-state index in [1.54, 1.807) is 6.07 Å². The molecule has 0 spiro atoms. The number of hydrogen-bond acceptors (Lipinski definition) is 2. The lowest BCUT2D eigenvalue weighted by Gasteiger charge is -2.13. The number of hydrogen-bond donors (Lipinski definition) is 2. The third-order valence-electron chi connectivity index (χ3n) is 2.93. The first-order valence-corrected chi connectivity index (χ1v) is 5.59. The van der Waals surface area contributed by atoms with Crippen LogP contribution in [0.5, 0.6) is 11.5 Å². The minimum absolute atomic E-state index is 0.164. The van der Waals surface area contributed by atoms with Gasteiger partial charge in [-0.2, -0.15) is 0 Å². The Balaban J connectivity index is 2.72. The van der Waals surface area contributed by atoms with Crippen molar-refractivity contribution in [3.8, 4) is 22.6 Å². The van der Waals surface area contributed by atoms with Crippen LogP contribution in [-0.2, 0) is 0 Å². The van der Waals surface area contributed by atoms with Crippen molar-refractivity contribution < 1.29 is 10.2 Å². The molecule has 0 unspecified atom stereocenters. The molecule has 2 nitrogen and oxygen atoms in total. The van der Waals surface area contributed by atoms with E-state index in [9.17, 15) is 10.2 Å². The molecule has 2 rings (SSSR count). The van der Waals surface area contributed by atoms with Crippen LogP contribution in [0.1, 0.15) is 16.7 Å². The molecule has 0 aliphatic rings. The van der Waals surface area contributed by atoms with E-state index >= 15 is 0 Å². The number of rotatable bonds is 1. The molecule has 88 valence electrons. The topological polar surface area (TPSA) is 40.5 Å². The highest BCUT2D eigenvalue weighted by molar-refractivity contribution is 5.77. The minimum Gasteiger partial charge on any atom is -0.508 e. The van der Waals surface area contributed by atoms with Crippen LogP contribution in [-0.4, -0.2) is 10.2 Å². The zero-order chi connectivity index (χ0) is 12.6. The highest BCUT2D eigenvalue weighted by Gasteiger charge is 2.11. The minimum atomic E-state index is 0.164. The van der Waals surface area contributed by atoms with E-state index in [2.05, 4.69) is 12.1 Å². The van der Waals surface area contributed by atoms with Gasteiger partial charge >= 0.3 is 0 Å². The Bertz CT molecular complexity index is 548. The van der Waals surface area contributed by atoms with E-state index in [1.165, 1.54) is 17.7 Å². The molecule has 2 aromatic carbocycles. The van der Waals surface area contributed by atoms with Crippen molar-refractivity contribution in [2.24, 2.45) is 0 Å². The van der Waals surface area contributed by atoms with Crippen LogP contribution in [0.25, 0.3) is 11.1 Å². The largest absolute Gasteiger partial charge is 0.508 e. The zero-order valence-electron chi connectivity index (χ0n) is 10.3. The quantitative estimate of drug-likeness (QED) is 0.731. The van der Waals surface area contributed by atoms with Crippen molar-refractivity contribution in [3.05, 3.63) is 47.0 Å². The highest BCUT2D eigenvalue weighted by atomic mass is 16.3. The summed E-state index contributed by atoms with van der Waals surface area (Å²) < 4.78 is 0. The summed E-state index contributed by atoms with van der Waals surface area (Å²) in [7, 11) is 0. The van der Waals surface area contributed by atoms with Crippen LogP contribution in [0, 0.1) is 20.8 Å². The molecule has 17 heavy (non-hydrogen) atoms. The molecule has 0 saturated heterocycles. The summed E-state index contributed by atoms with van der Waals surface area (Å²) in [5.41, 5.74) is 5.07. The number of benzene rings is 2. The predicted octanol–water partition coefficient (Wildman–Crippen LogP) is 3.69. The lowest BCUT2D eigenvalue weighted by Crippen LogP contribution is -1.90. The first-order chi connectivity index (χ1) is 7.99. The second-order valence-corrected chi connectivity index (χ2v) is 4.48. The fourth-order valence-electron chi connectivity index (χ4n) is 2.33. The third-order valence-corrected chi connectivity index (χ3v) is 2.93. The SMILES string of the molecule is Cc1cc(C)c(-c2cc(O)ccc2O)c(C)c1. The van der Waals surface area contributed by atoms with Gasteiger partial charge in [-0.1, -0.05) is 17.7 Å². The third kappa shape index (κ3) is 2.11. The summed E-state index contributed by atoms with van der Waals surface area (Å²) >= 11 is 0. The van der Waals surface area contributed by atoms with Gasteiger partial charge in [-0.3, -0.25) is 0 Å². The zero-order valence-corrected chi connectivity index (χ0v) is 10.3. The van der Waals surface area contributed by atoms with Gasteiger partial charge in [0.1, 0.15) is 11.5 Å². The van der Waals surface area contributed by atoms with Crippen LogP contribution >= 0.6 is 0 Å². The average molecular weight is 228 g/mol. The normalized spacial score (nSPS) is 10.5. The molecule has 2 N–H and O–H groups in total. The standard InChI is InChI=1S/C15H16O2/c1-9-6-10(2)15(11(3)7-9)13-8-12(16)4-5-14(13)17/h4-8,16-17H,1-3H3.